The van der Waals surface area contributed by atoms with E-state index in [0.29, 0.717) is 25.4 Å². The Balaban J connectivity index is 1.93. The van der Waals surface area contributed by atoms with E-state index in [4.69, 9.17) is 9.47 Å². The fraction of sp³-hybridized carbons (Fsp3) is 0.571. The normalized spacial score (nSPS) is 18.4. The van der Waals surface area contributed by atoms with Crippen LogP contribution in [0.5, 0.6) is 5.88 Å². The smallest absolute Gasteiger partial charge is 0.303 e. The first kappa shape index (κ1) is 15.2. The monoisotopic (exact) mass is 293 g/mol. The van der Waals surface area contributed by atoms with Gasteiger partial charge >= 0.3 is 5.97 Å². The van der Waals surface area contributed by atoms with Crippen LogP contribution in [0.1, 0.15) is 27.2 Å². The van der Waals surface area contributed by atoms with Crippen molar-refractivity contribution < 1.29 is 19.1 Å². The molecule has 0 N–H and O–H groups in total. The van der Waals surface area contributed by atoms with Gasteiger partial charge in [0.1, 0.15) is 6.10 Å². The largest absolute Gasteiger partial charge is 0.471 e. The molecule has 1 aliphatic rings. The first-order chi connectivity index (χ1) is 9.88. The minimum Gasteiger partial charge on any atom is -0.471 e. The highest BCUT2D eigenvalue weighted by atomic mass is 16.6. The first-order valence-corrected chi connectivity index (χ1v) is 6.80. The second kappa shape index (κ2) is 6.07. The summed E-state index contributed by atoms with van der Waals surface area (Å²) in [6.45, 7) is 5.48. The molecule has 1 amide bonds. The van der Waals surface area contributed by atoms with Gasteiger partial charge in [-0.2, -0.15) is 0 Å². The van der Waals surface area contributed by atoms with Crippen LogP contribution in [0, 0.1) is 0 Å². The lowest BCUT2D eigenvalue weighted by atomic mass is 10.1. The van der Waals surface area contributed by atoms with Gasteiger partial charge in [0.15, 0.2) is 5.60 Å². The third-order valence-electron chi connectivity index (χ3n) is 3.17. The number of amides is 1. The average Bonchev–Trinajstić information content (AvgIpc) is 2.86. The molecule has 1 aromatic rings. The zero-order chi connectivity index (χ0) is 15.5. The minimum absolute atomic E-state index is 0.126. The number of likely N-dealkylation sites (tertiary alicyclic amines) is 1. The lowest BCUT2D eigenvalue weighted by Gasteiger charge is -2.28. The predicted molar refractivity (Wildman–Crippen MR) is 73.5 cm³/mol. The molecule has 114 valence electrons. The van der Waals surface area contributed by atoms with Crippen molar-refractivity contribution in [1.82, 2.24) is 14.9 Å². The Morgan fingerprint density at radius 3 is 2.76 bits per heavy atom. The van der Waals surface area contributed by atoms with E-state index in [2.05, 4.69) is 9.97 Å². The summed E-state index contributed by atoms with van der Waals surface area (Å²) in [5.74, 6) is -0.251. The molecule has 21 heavy (non-hydrogen) atoms. The summed E-state index contributed by atoms with van der Waals surface area (Å²) < 4.78 is 10.7. The Morgan fingerprint density at radius 2 is 2.14 bits per heavy atom. The van der Waals surface area contributed by atoms with Gasteiger partial charge in [-0.25, -0.2) is 4.98 Å². The van der Waals surface area contributed by atoms with Crippen LogP contribution in [-0.2, 0) is 14.3 Å². The van der Waals surface area contributed by atoms with Crippen molar-refractivity contribution in [3.05, 3.63) is 18.6 Å². The lowest BCUT2D eigenvalue weighted by molar-refractivity contribution is -0.168. The average molecular weight is 293 g/mol. The third kappa shape index (κ3) is 3.90. The van der Waals surface area contributed by atoms with Crippen molar-refractivity contribution in [2.45, 2.75) is 38.9 Å². The van der Waals surface area contributed by atoms with Crippen LogP contribution >= 0.6 is 0 Å². The molecule has 0 radical (unpaired) electrons. The van der Waals surface area contributed by atoms with Crippen molar-refractivity contribution in [2.24, 2.45) is 0 Å². The Kier molecular flexibility index (Phi) is 4.40. The maximum absolute atomic E-state index is 12.4. The molecule has 1 fully saturated rings. The molecule has 0 aromatic carbocycles. The van der Waals surface area contributed by atoms with Gasteiger partial charge < -0.3 is 14.4 Å². The van der Waals surface area contributed by atoms with Gasteiger partial charge in [0.05, 0.1) is 12.7 Å². The quantitative estimate of drug-likeness (QED) is 0.764. The number of nitrogens with zero attached hydrogens (tertiary/aromatic N) is 3. The van der Waals surface area contributed by atoms with Crippen molar-refractivity contribution >= 4 is 11.9 Å². The van der Waals surface area contributed by atoms with Gasteiger partial charge in [0.2, 0.25) is 5.88 Å². The van der Waals surface area contributed by atoms with Gasteiger partial charge in [0, 0.05) is 32.3 Å². The molecular formula is C14H19N3O4. The van der Waals surface area contributed by atoms with Crippen LogP contribution in [0.25, 0.3) is 0 Å². The van der Waals surface area contributed by atoms with Crippen LogP contribution in [0.2, 0.25) is 0 Å². The molecule has 2 heterocycles. The zero-order valence-corrected chi connectivity index (χ0v) is 12.4. The van der Waals surface area contributed by atoms with Gasteiger partial charge in [-0.3, -0.25) is 14.6 Å². The van der Waals surface area contributed by atoms with Crippen molar-refractivity contribution in [2.75, 3.05) is 13.1 Å². The predicted octanol–water partition coefficient (Wildman–Crippen LogP) is 0.798. The number of ether oxygens (including phenoxy) is 2. The molecule has 0 bridgehead atoms. The van der Waals surface area contributed by atoms with Crippen LogP contribution in [0.4, 0.5) is 0 Å². The first-order valence-electron chi connectivity index (χ1n) is 6.80. The Hall–Kier alpha value is -2.18. The summed E-state index contributed by atoms with van der Waals surface area (Å²) in [6.07, 6.45) is 5.24. The molecular weight excluding hydrogens is 274 g/mol. The maximum atomic E-state index is 12.4. The van der Waals surface area contributed by atoms with E-state index in [1.807, 2.05) is 0 Å². The van der Waals surface area contributed by atoms with E-state index in [-0.39, 0.29) is 12.0 Å². The Bertz CT molecular complexity index is 518. The van der Waals surface area contributed by atoms with Crippen LogP contribution in [0.3, 0.4) is 0 Å². The second-order valence-corrected chi connectivity index (χ2v) is 5.43. The summed E-state index contributed by atoms with van der Waals surface area (Å²) in [4.78, 5) is 33.0. The van der Waals surface area contributed by atoms with E-state index in [1.54, 1.807) is 31.1 Å². The minimum atomic E-state index is -1.16. The van der Waals surface area contributed by atoms with E-state index in [1.165, 1.54) is 13.1 Å². The zero-order valence-electron chi connectivity index (χ0n) is 12.4. The third-order valence-corrected chi connectivity index (χ3v) is 3.17. The highest BCUT2D eigenvalue weighted by Gasteiger charge is 2.38. The van der Waals surface area contributed by atoms with Crippen LogP contribution in [-0.4, -0.2) is 51.5 Å². The fourth-order valence-electron chi connectivity index (χ4n) is 2.31. The molecule has 1 aliphatic heterocycles. The second-order valence-electron chi connectivity index (χ2n) is 5.43. The molecule has 7 nitrogen and oxygen atoms in total. The number of aromatic nitrogens is 2. The molecule has 2 rings (SSSR count). The number of carbonyl (C=O) groups excluding carboxylic acids is 2. The van der Waals surface area contributed by atoms with E-state index >= 15 is 0 Å². The summed E-state index contributed by atoms with van der Waals surface area (Å²) in [6, 6.07) is 0. The summed E-state index contributed by atoms with van der Waals surface area (Å²) in [5, 5.41) is 0. The number of esters is 1. The number of hydrogen-bond donors (Lipinski definition) is 0. The van der Waals surface area contributed by atoms with Gasteiger partial charge in [0.25, 0.3) is 5.91 Å². The molecule has 0 spiro atoms. The number of hydrogen-bond acceptors (Lipinski definition) is 6. The summed E-state index contributed by atoms with van der Waals surface area (Å²) >= 11 is 0. The molecule has 1 aromatic heterocycles. The molecule has 0 aliphatic carbocycles. The lowest BCUT2D eigenvalue weighted by Crippen LogP contribution is -2.47. The van der Waals surface area contributed by atoms with E-state index in [9.17, 15) is 9.59 Å². The highest BCUT2D eigenvalue weighted by molar-refractivity contribution is 5.87. The maximum Gasteiger partial charge on any atom is 0.303 e. The number of rotatable bonds is 4. The molecule has 1 unspecified atom stereocenters. The van der Waals surface area contributed by atoms with Crippen LogP contribution < -0.4 is 4.74 Å². The van der Waals surface area contributed by atoms with Crippen molar-refractivity contribution in [3.63, 3.8) is 0 Å². The van der Waals surface area contributed by atoms with E-state index < -0.39 is 11.6 Å². The summed E-state index contributed by atoms with van der Waals surface area (Å²) in [5.41, 5.74) is -1.16. The Labute approximate surface area is 123 Å². The summed E-state index contributed by atoms with van der Waals surface area (Å²) in [7, 11) is 0. The molecule has 1 saturated heterocycles. The number of carbonyl (C=O) groups is 2. The molecule has 1 atom stereocenters. The van der Waals surface area contributed by atoms with Gasteiger partial charge in [-0.15, -0.1) is 0 Å². The topological polar surface area (TPSA) is 81.6 Å². The Morgan fingerprint density at radius 1 is 1.38 bits per heavy atom. The van der Waals surface area contributed by atoms with Gasteiger partial charge in [-0.05, 0) is 13.8 Å². The molecule has 7 heteroatoms. The van der Waals surface area contributed by atoms with E-state index in [0.717, 1.165) is 0 Å². The SMILES string of the molecule is CC(=O)OC(C)(C)C(=O)N1CCC(Oc2cnccn2)C1. The standard InChI is InChI=1S/C14H19N3O4/c1-10(18)21-14(2,3)13(19)17-7-4-11(9-17)20-12-8-15-5-6-16-12/h5-6,8,11H,4,7,9H2,1-3H3. The molecule has 0 saturated carbocycles. The highest BCUT2D eigenvalue weighted by Crippen LogP contribution is 2.21. The van der Waals surface area contributed by atoms with Crippen LogP contribution in [0.15, 0.2) is 18.6 Å². The fourth-order valence-corrected chi connectivity index (χ4v) is 2.31. The van der Waals surface area contributed by atoms with Crippen molar-refractivity contribution in [1.29, 1.82) is 0 Å². The van der Waals surface area contributed by atoms with Crippen molar-refractivity contribution in [3.8, 4) is 5.88 Å². The van der Waals surface area contributed by atoms with Gasteiger partial charge in [-0.1, -0.05) is 0 Å².